The second-order valence-corrected chi connectivity index (χ2v) is 8.99. The smallest absolute Gasteiger partial charge is 0.253 e. The molecule has 0 aromatic heterocycles. The summed E-state index contributed by atoms with van der Waals surface area (Å²) >= 11 is 0. The third-order valence-corrected chi connectivity index (χ3v) is 6.72. The molecular weight excluding hydrogens is 395 g/mol. The lowest BCUT2D eigenvalue weighted by Crippen LogP contribution is -2.49. The highest BCUT2D eigenvalue weighted by molar-refractivity contribution is 7.89. The van der Waals surface area contributed by atoms with E-state index >= 15 is 0 Å². The second kappa shape index (κ2) is 8.19. The van der Waals surface area contributed by atoms with E-state index in [1.165, 1.54) is 44.4 Å². The summed E-state index contributed by atoms with van der Waals surface area (Å²) in [5.41, 5.74) is 0.933. The summed E-state index contributed by atoms with van der Waals surface area (Å²) in [6.07, 6.45) is 0. The fourth-order valence-corrected chi connectivity index (χ4v) is 4.10. The van der Waals surface area contributed by atoms with Crippen LogP contribution in [0.15, 0.2) is 47.4 Å². The first kappa shape index (κ1) is 20.8. The Kier molecular flexibility index (Phi) is 5.86. The molecule has 9 heteroatoms. The maximum absolute atomic E-state index is 13.8. The van der Waals surface area contributed by atoms with Gasteiger partial charge in [-0.3, -0.25) is 4.79 Å². The number of carbonyl (C=O) groups excluding carboxylic acids is 1. The molecule has 0 N–H and O–H groups in total. The number of amides is 1. The minimum absolute atomic E-state index is 0.00460. The van der Waals surface area contributed by atoms with Crippen LogP contribution in [0.3, 0.4) is 0 Å². The maximum atomic E-state index is 13.8. The van der Waals surface area contributed by atoms with Gasteiger partial charge in [-0.05, 0) is 36.4 Å². The van der Waals surface area contributed by atoms with Crippen molar-refractivity contribution < 1.29 is 17.6 Å². The van der Waals surface area contributed by atoms with Crippen LogP contribution in [0.1, 0.15) is 15.9 Å². The molecule has 0 saturated carbocycles. The van der Waals surface area contributed by atoms with Crippen molar-refractivity contribution in [3.63, 3.8) is 0 Å². The molecule has 0 atom stereocenters. The molecule has 0 aliphatic carbocycles. The molecule has 0 unspecified atom stereocenters. The number of nitriles is 1. The molecule has 152 valence electrons. The van der Waals surface area contributed by atoms with Crippen molar-refractivity contribution in [1.82, 2.24) is 9.21 Å². The average Bonchev–Trinajstić information content (AvgIpc) is 2.73. The van der Waals surface area contributed by atoms with Crippen molar-refractivity contribution in [2.45, 2.75) is 4.90 Å². The van der Waals surface area contributed by atoms with Gasteiger partial charge in [0.2, 0.25) is 10.0 Å². The van der Waals surface area contributed by atoms with Gasteiger partial charge in [0.25, 0.3) is 5.91 Å². The minimum atomic E-state index is -3.55. The summed E-state index contributed by atoms with van der Waals surface area (Å²) in [6, 6.07) is 12.3. The number of nitrogens with zero attached hydrogens (tertiary/aromatic N) is 4. The van der Waals surface area contributed by atoms with Gasteiger partial charge in [-0.2, -0.15) is 5.26 Å². The molecule has 0 bridgehead atoms. The van der Waals surface area contributed by atoms with Crippen molar-refractivity contribution >= 4 is 21.6 Å². The Balaban J connectivity index is 1.70. The van der Waals surface area contributed by atoms with Crippen LogP contribution in [0, 0.1) is 17.1 Å². The fourth-order valence-electron chi connectivity index (χ4n) is 3.20. The first-order chi connectivity index (χ1) is 13.8. The lowest BCUT2D eigenvalue weighted by molar-refractivity contribution is 0.0746. The first-order valence-electron chi connectivity index (χ1n) is 9.01. The zero-order valence-corrected chi connectivity index (χ0v) is 17.0. The zero-order valence-electron chi connectivity index (χ0n) is 16.2. The van der Waals surface area contributed by atoms with Gasteiger partial charge in [-0.1, -0.05) is 6.07 Å². The van der Waals surface area contributed by atoms with E-state index in [0.717, 1.165) is 4.31 Å². The van der Waals surface area contributed by atoms with E-state index in [0.29, 0.717) is 37.4 Å². The van der Waals surface area contributed by atoms with Gasteiger partial charge in [0, 0.05) is 45.8 Å². The number of carbonyl (C=O) groups is 1. The topological polar surface area (TPSA) is 84.7 Å². The molecular formula is C20H21FN4O3S. The third kappa shape index (κ3) is 4.09. The Bertz CT molecular complexity index is 1050. The molecule has 1 heterocycles. The van der Waals surface area contributed by atoms with Crippen LogP contribution in [-0.2, 0) is 10.0 Å². The summed E-state index contributed by atoms with van der Waals surface area (Å²) in [6.45, 7) is 1.77. The molecule has 0 spiro atoms. The van der Waals surface area contributed by atoms with Crippen LogP contribution in [0.4, 0.5) is 10.1 Å². The second-order valence-electron chi connectivity index (χ2n) is 6.84. The van der Waals surface area contributed by atoms with E-state index in [2.05, 4.69) is 0 Å². The highest BCUT2D eigenvalue weighted by Gasteiger charge is 2.25. The van der Waals surface area contributed by atoms with Crippen molar-refractivity contribution in [1.29, 1.82) is 5.26 Å². The lowest BCUT2D eigenvalue weighted by Gasteiger charge is -2.36. The van der Waals surface area contributed by atoms with Crippen LogP contribution in [-0.4, -0.2) is 63.8 Å². The highest BCUT2D eigenvalue weighted by Crippen LogP contribution is 2.24. The molecule has 1 aliphatic rings. The van der Waals surface area contributed by atoms with Crippen LogP contribution in [0.5, 0.6) is 0 Å². The number of hydrogen-bond donors (Lipinski definition) is 0. The number of anilines is 1. The summed E-state index contributed by atoms with van der Waals surface area (Å²) in [4.78, 5) is 16.4. The minimum Gasteiger partial charge on any atom is -0.367 e. The molecule has 3 rings (SSSR count). The van der Waals surface area contributed by atoms with Gasteiger partial charge in [0.05, 0.1) is 10.6 Å². The van der Waals surface area contributed by atoms with E-state index in [9.17, 15) is 22.9 Å². The predicted molar refractivity (Wildman–Crippen MR) is 107 cm³/mol. The first-order valence-corrected chi connectivity index (χ1v) is 10.4. The SMILES string of the molecule is CN(C)S(=O)(=O)c1ccc(C(=O)N2CCN(c3cccc(F)c3C#N)CC2)cc1. The Morgan fingerprint density at radius 3 is 2.24 bits per heavy atom. The third-order valence-electron chi connectivity index (χ3n) is 4.89. The standard InChI is InChI=1S/C20H21FN4O3S/c1-23(2)29(27,28)16-8-6-15(7-9-16)20(26)25-12-10-24(11-13-25)19-5-3-4-18(21)17(19)14-22/h3-9H,10-13H2,1-2H3. The largest absolute Gasteiger partial charge is 0.367 e. The molecule has 1 saturated heterocycles. The van der Waals surface area contributed by atoms with Gasteiger partial charge in [-0.15, -0.1) is 0 Å². The van der Waals surface area contributed by atoms with Gasteiger partial charge in [-0.25, -0.2) is 17.1 Å². The molecule has 29 heavy (non-hydrogen) atoms. The van der Waals surface area contributed by atoms with E-state index < -0.39 is 15.8 Å². The van der Waals surface area contributed by atoms with Crippen LogP contribution >= 0.6 is 0 Å². The summed E-state index contributed by atoms with van der Waals surface area (Å²) in [5.74, 6) is -0.755. The fraction of sp³-hybridized carbons (Fsp3) is 0.300. The summed E-state index contributed by atoms with van der Waals surface area (Å²) in [5, 5.41) is 9.21. The number of piperazine rings is 1. The lowest BCUT2D eigenvalue weighted by atomic mass is 10.1. The number of sulfonamides is 1. The van der Waals surface area contributed by atoms with E-state index in [4.69, 9.17) is 0 Å². The summed E-state index contributed by atoms with van der Waals surface area (Å²) < 4.78 is 39.2. The Labute approximate surface area is 169 Å². The number of benzene rings is 2. The highest BCUT2D eigenvalue weighted by atomic mass is 32.2. The Morgan fingerprint density at radius 2 is 1.69 bits per heavy atom. The molecule has 2 aromatic rings. The predicted octanol–water partition coefficient (Wildman–Crippen LogP) is 1.91. The van der Waals surface area contributed by atoms with Crippen LogP contribution in [0.25, 0.3) is 0 Å². The van der Waals surface area contributed by atoms with Crippen LogP contribution in [0.2, 0.25) is 0 Å². The van der Waals surface area contributed by atoms with Gasteiger partial charge in [0.1, 0.15) is 17.4 Å². The molecule has 2 aromatic carbocycles. The van der Waals surface area contributed by atoms with Gasteiger partial charge < -0.3 is 9.80 Å². The number of halogens is 1. The van der Waals surface area contributed by atoms with Gasteiger partial charge in [0.15, 0.2) is 0 Å². The molecule has 0 radical (unpaired) electrons. The molecule has 1 aliphatic heterocycles. The Morgan fingerprint density at radius 1 is 1.07 bits per heavy atom. The van der Waals surface area contributed by atoms with Crippen molar-refractivity contribution in [2.24, 2.45) is 0 Å². The maximum Gasteiger partial charge on any atom is 0.253 e. The van der Waals surface area contributed by atoms with Crippen molar-refractivity contribution in [3.8, 4) is 6.07 Å². The van der Waals surface area contributed by atoms with E-state index in [-0.39, 0.29) is 16.4 Å². The normalized spacial score (nSPS) is 14.7. The number of hydrogen-bond acceptors (Lipinski definition) is 5. The molecule has 1 fully saturated rings. The summed E-state index contributed by atoms with van der Waals surface area (Å²) in [7, 11) is -0.650. The van der Waals surface area contributed by atoms with Crippen molar-refractivity contribution in [2.75, 3.05) is 45.2 Å². The Hall–Kier alpha value is -2.96. The van der Waals surface area contributed by atoms with E-state index in [1.807, 2.05) is 11.0 Å². The van der Waals surface area contributed by atoms with E-state index in [1.54, 1.807) is 17.0 Å². The number of rotatable bonds is 4. The zero-order chi connectivity index (χ0) is 21.2. The average molecular weight is 416 g/mol. The monoisotopic (exact) mass is 416 g/mol. The van der Waals surface area contributed by atoms with Crippen LogP contribution < -0.4 is 4.90 Å². The molecule has 7 nitrogen and oxygen atoms in total. The molecule has 1 amide bonds. The van der Waals surface area contributed by atoms with Gasteiger partial charge >= 0.3 is 0 Å². The quantitative estimate of drug-likeness (QED) is 0.760. The van der Waals surface area contributed by atoms with Crippen molar-refractivity contribution in [3.05, 3.63) is 59.4 Å².